The first-order valence-electron chi connectivity index (χ1n) is 8.32. The fraction of sp³-hybridized carbons (Fsp3) is 0.471. The van der Waals surface area contributed by atoms with Crippen LogP contribution in [-0.4, -0.2) is 51.6 Å². The van der Waals surface area contributed by atoms with Crippen LogP contribution in [0.25, 0.3) is 0 Å². The molecule has 1 amide bonds. The standard InChI is InChI=1S/C17H20N4O3/c22-17(11-13-3-4-15-16(10-13)24-9-8-23-15)21-6-1-2-14(21)12-20-7-5-18-19-20/h3-5,7,10,14H,1-2,6,8-9,11-12H2/t14-/m0/s1. The Bertz CT molecular complexity index is 717. The largest absolute Gasteiger partial charge is 0.486 e. The molecule has 0 saturated carbocycles. The number of likely N-dealkylation sites (tertiary alicyclic amines) is 1. The number of carbonyl (C=O) groups is 1. The summed E-state index contributed by atoms with van der Waals surface area (Å²) in [6.45, 7) is 2.63. The molecule has 1 aromatic carbocycles. The summed E-state index contributed by atoms with van der Waals surface area (Å²) in [6.07, 6.45) is 5.92. The highest BCUT2D eigenvalue weighted by molar-refractivity contribution is 5.79. The van der Waals surface area contributed by atoms with Crippen molar-refractivity contribution >= 4 is 5.91 Å². The quantitative estimate of drug-likeness (QED) is 0.846. The number of hydrogen-bond donors (Lipinski definition) is 0. The molecule has 24 heavy (non-hydrogen) atoms. The average molecular weight is 328 g/mol. The molecular weight excluding hydrogens is 308 g/mol. The second-order valence-corrected chi connectivity index (χ2v) is 6.16. The molecule has 2 aliphatic rings. The lowest BCUT2D eigenvalue weighted by molar-refractivity contribution is -0.131. The normalized spacial score (nSPS) is 19.5. The van der Waals surface area contributed by atoms with Crippen molar-refractivity contribution in [3.63, 3.8) is 0 Å². The molecule has 126 valence electrons. The number of nitrogens with zero attached hydrogens (tertiary/aromatic N) is 4. The molecule has 1 aromatic heterocycles. The van der Waals surface area contributed by atoms with E-state index < -0.39 is 0 Å². The average Bonchev–Trinajstić information content (AvgIpc) is 3.27. The first-order valence-corrected chi connectivity index (χ1v) is 8.32. The molecule has 0 bridgehead atoms. The van der Waals surface area contributed by atoms with Gasteiger partial charge in [0, 0.05) is 12.7 Å². The summed E-state index contributed by atoms with van der Waals surface area (Å²) in [7, 11) is 0. The van der Waals surface area contributed by atoms with Gasteiger partial charge in [0.15, 0.2) is 11.5 Å². The van der Waals surface area contributed by atoms with Crippen LogP contribution in [0.2, 0.25) is 0 Å². The number of ether oxygens (including phenoxy) is 2. The zero-order valence-electron chi connectivity index (χ0n) is 13.4. The van der Waals surface area contributed by atoms with Gasteiger partial charge in [-0.15, -0.1) is 5.10 Å². The van der Waals surface area contributed by atoms with Crippen molar-refractivity contribution in [2.45, 2.75) is 31.8 Å². The lowest BCUT2D eigenvalue weighted by Crippen LogP contribution is -2.39. The highest BCUT2D eigenvalue weighted by Gasteiger charge is 2.29. The van der Waals surface area contributed by atoms with Gasteiger partial charge in [-0.3, -0.25) is 9.48 Å². The first-order chi connectivity index (χ1) is 11.8. The lowest BCUT2D eigenvalue weighted by atomic mass is 10.1. The number of fused-ring (bicyclic) bond motifs is 1. The number of amides is 1. The monoisotopic (exact) mass is 328 g/mol. The summed E-state index contributed by atoms with van der Waals surface area (Å²) in [5, 5.41) is 7.83. The third kappa shape index (κ3) is 3.06. The fourth-order valence-corrected chi connectivity index (χ4v) is 3.37. The molecule has 0 aliphatic carbocycles. The van der Waals surface area contributed by atoms with Crippen LogP contribution in [0.5, 0.6) is 11.5 Å². The van der Waals surface area contributed by atoms with E-state index in [1.807, 2.05) is 29.3 Å². The van der Waals surface area contributed by atoms with E-state index in [1.165, 1.54) is 0 Å². The molecule has 0 N–H and O–H groups in total. The Morgan fingerprint density at radius 1 is 1.25 bits per heavy atom. The van der Waals surface area contributed by atoms with Crippen LogP contribution in [0.15, 0.2) is 30.6 Å². The van der Waals surface area contributed by atoms with Gasteiger partial charge in [-0.05, 0) is 30.5 Å². The summed E-state index contributed by atoms with van der Waals surface area (Å²) >= 11 is 0. The predicted octanol–water partition coefficient (Wildman–Crippen LogP) is 1.28. The highest BCUT2D eigenvalue weighted by Crippen LogP contribution is 2.31. The molecule has 7 nitrogen and oxygen atoms in total. The maximum Gasteiger partial charge on any atom is 0.227 e. The van der Waals surface area contributed by atoms with Crippen molar-refractivity contribution < 1.29 is 14.3 Å². The van der Waals surface area contributed by atoms with Crippen LogP contribution in [0.3, 0.4) is 0 Å². The Kier molecular flexibility index (Phi) is 4.06. The number of carbonyl (C=O) groups excluding carboxylic acids is 1. The molecule has 1 fully saturated rings. The van der Waals surface area contributed by atoms with Gasteiger partial charge in [0.2, 0.25) is 5.91 Å². The number of rotatable bonds is 4. The summed E-state index contributed by atoms with van der Waals surface area (Å²) in [5.74, 6) is 1.63. The Balaban J connectivity index is 1.43. The summed E-state index contributed by atoms with van der Waals surface area (Å²) < 4.78 is 12.9. The second kappa shape index (κ2) is 6.51. The van der Waals surface area contributed by atoms with E-state index in [4.69, 9.17) is 9.47 Å². The number of hydrogen-bond acceptors (Lipinski definition) is 5. The van der Waals surface area contributed by atoms with Crippen molar-refractivity contribution in [2.75, 3.05) is 19.8 Å². The molecule has 7 heteroatoms. The van der Waals surface area contributed by atoms with E-state index >= 15 is 0 Å². The fourth-order valence-electron chi connectivity index (χ4n) is 3.37. The number of aromatic nitrogens is 3. The smallest absolute Gasteiger partial charge is 0.227 e. The second-order valence-electron chi connectivity index (χ2n) is 6.16. The minimum Gasteiger partial charge on any atom is -0.486 e. The van der Waals surface area contributed by atoms with E-state index in [1.54, 1.807) is 10.9 Å². The van der Waals surface area contributed by atoms with E-state index in [-0.39, 0.29) is 11.9 Å². The van der Waals surface area contributed by atoms with Gasteiger partial charge in [0.1, 0.15) is 13.2 Å². The molecule has 0 radical (unpaired) electrons. The zero-order valence-corrected chi connectivity index (χ0v) is 13.4. The Hall–Kier alpha value is -2.57. The van der Waals surface area contributed by atoms with E-state index in [9.17, 15) is 4.79 Å². The SMILES string of the molecule is O=C(Cc1ccc2c(c1)OCCO2)N1CCC[C@H]1Cn1ccnn1. The Labute approximate surface area is 140 Å². The third-order valence-electron chi connectivity index (χ3n) is 4.53. The third-order valence-corrected chi connectivity index (χ3v) is 4.53. The molecule has 3 heterocycles. The maximum atomic E-state index is 12.7. The topological polar surface area (TPSA) is 69.5 Å². The summed E-state index contributed by atoms with van der Waals surface area (Å²) in [6, 6.07) is 5.92. The maximum absolute atomic E-state index is 12.7. The van der Waals surface area contributed by atoms with Gasteiger partial charge in [-0.25, -0.2) is 0 Å². The lowest BCUT2D eigenvalue weighted by Gasteiger charge is -2.25. The number of benzene rings is 1. The van der Waals surface area contributed by atoms with Gasteiger partial charge in [0.05, 0.1) is 25.2 Å². The molecule has 2 aromatic rings. The van der Waals surface area contributed by atoms with Gasteiger partial charge < -0.3 is 14.4 Å². The molecule has 1 saturated heterocycles. The minimum absolute atomic E-state index is 0.147. The van der Waals surface area contributed by atoms with Crippen LogP contribution in [0.4, 0.5) is 0 Å². The van der Waals surface area contributed by atoms with Crippen molar-refractivity contribution in [3.8, 4) is 11.5 Å². The van der Waals surface area contributed by atoms with E-state index in [0.717, 1.165) is 36.4 Å². The molecule has 2 aliphatic heterocycles. The van der Waals surface area contributed by atoms with Crippen LogP contribution in [0, 0.1) is 0 Å². The van der Waals surface area contributed by atoms with Gasteiger partial charge in [-0.1, -0.05) is 11.3 Å². The van der Waals surface area contributed by atoms with Crippen LogP contribution >= 0.6 is 0 Å². The van der Waals surface area contributed by atoms with Gasteiger partial charge in [0.25, 0.3) is 0 Å². The van der Waals surface area contributed by atoms with Crippen molar-refractivity contribution in [2.24, 2.45) is 0 Å². The van der Waals surface area contributed by atoms with Gasteiger partial charge in [-0.2, -0.15) is 0 Å². The molecule has 0 spiro atoms. The van der Waals surface area contributed by atoms with Crippen LogP contribution in [0.1, 0.15) is 18.4 Å². The highest BCUT2D eigenvalue weighted by atomic mass is 16.6. The first kappa shape index (κ1) is 15.0. The van der Waals surface area contributed by atoms with Crippen molar-refractivity contribution in [1.82, 2.24) is 19.9 Å². The Morgan fingerprint density at radius 2 is 2.12 bits per heavy atom. The van der Waals surface area contributed by atoms with Gasteiger partial charge >= 0.3 is 0 Å². The predicted molar refractivity (Wildman–Crippen MR) is 85.9 cm³/mol. The molecule has 0 unspecified atom stereocenters. The van der Waals surface area contributed by atoms with E-state index in [2.05, 4.69) is 10.3 Å². The van der Waals surface area contributed by atoms with Crippen molar-refractivity contribution in [3.05, 3.63) is 36.2 Å². The Morgan fingerprint density at radius 3 is 2.96 bits per heavy atom. The van der Waals surface area contributed by atoms with Crippen LogP contribution in [-0.2, 0) is 17.8 Å². The minimum atomic E-state index is 0.147. The molecular formula is C17H20N4O3. The van der Waals surface area contributed by atoms with Crippen LogP contribution < -0.4 is 9.47 Å². The van der Waals surface area contributed by atoms with E-state index in [0.29, 0.717) is 26.2 Å². The summed E-state index contributed by atoms with van der Waals surface area (Å²) in [4.78, 5) is 14.7. The van der Waals surface area contributed by atoms with Crippen molar-refractivity contribution in [1.29, 1.82) is 0 Å². The zero-order chi connectivity index (χ0) is 16.4. The molecule has 4 rings (SSSR count). The molecule has 1 atom stereocenters. The summed E-state index contributed by atoms with van der Waals surface area (Å²) in [5.41, 5.74) is 0.954.